The maximum absolute atomic E-state index is 10.9. The van der Waals surface area contributed by atoms with Crippen LogP contribution in [0.15, 0.2) is 30.3 Å². The Morgan fingerprint density at radius 1 is 1.29 bits per heavy atom. The molecule has 2 aromatic rings. The average molecular weight is 229 g/mol. The van der Waals surface area contributed by atoms with Gasteiger partial charge in [-0.05, 0) is 31.5 Å². The topological polar surface area (TPSA) is 39.2 Å². The highest BCUT2D eigenvalue weighted by atomic mass is 16.5. The predicted octanol–water partition coefficient (Wildman–Crippen LogP) is 3.17. The number of hydrogen-bond donors (Lipinski definition) is 0. The van der Waals surface area contributed by atoms with Gasteiger partial charge in [0, 0.05) is 12.3 Å². The lowest BCUT2D eigenvalue weighted by molar-refractivity contribution is -0.145. The summed E-state index contributed by atoms with van der Waals surface area (Å²) in [6, 6.07) is 10.0. The number of fused-ring (bicyclic) bond motifs is 1. The number of aryl methyl sites for hydroxylation is 1. The lowest BCUT2D eigenvalue weighted by Crippen LogP contribution is -2.06. The Morgan fingerprint density at radius 2 is 2.00 bits per heavy atom. The Balaban J connectivity index is 2.39. The van der Waals surface area contributed by atoms with E-state index >= 15 is 0 Å². The van der Waals surface area contributed by atoms with Crippen molar-refractivity contribution in [2.45, 2.75) is 26.9 Å². The number of aromatic nitrogens is 1. The van der Waals surface area contributed by atoms with Crippen molar-refractivity contribution in [3.05, 3.63) is 41.6 Å². The zero-order chi connectivity index (χ0) is 12.4. The summed E-state index contributed by atoms with van der Waals surface area (Å²) in [6.07, 6.45) is -0.308. The third-order valence-electron chi connectivity index (χ3n) is 2.63. The van der Waals surface area contributed by atoms with E-state index in [0.717, 1.165) is 16.6 Å². The maximum Gasteiger partial charge on any atom is 0.303 e. The number of nitrogens with zero attached hydrogens (tertiary/aromatic N) is 1. The third-order valence-corrected chi connectivity index (χ3v) is 2.63. The second-order valence-corrected chi connectivity index (χ2v) is 4.18. The molecule has 1 aromatic carbocycles. The van der Waals surface area contributed by atoms with Crippen molar-refractivity contribution < 1.29 is 9.53 Å². The van der Waals surface area contributed by atoms with Gasteiger partial charge in [0.15, 0.2) is 0 Å². The minimum Gasteiger partial charge on any atom is -0.456 e. The van der Waals surface area contributed by atoms with E-state index < -0.39 is 0 Å². The largest absolute Gasteiger partial charge is 0.456 e. The molecule has 3 nitrogen and oxygen atoms in total. The Labute approximate surface area is 100 Å². The van der Waals surface area contributed by atoms with E-state index in [4.69, 9.17) is 4.74 Å². The van der Waals surface area contributed by atoms with Crippen LogP contribution in [0, 0.1) is 6.92 Å². The number of ether oxygens (including phenoxy) is 1. The fourth-order valence-electron chi connectivity index (χ4n) is 1.78. The number of carbonyl (C=O) groups excluding carboxylic acids is 1. The number of carbonyl (C=O) groups is 1. The summed E-state index contributed by atoms with van der Waals surface area (Å²) in [6.45, 7) is 5.26. The number of esters is 1. The smallest absolute Gasteiger partial charge is 0.303 e. The normalized spacial score (nSPS) is 12.4. The molecule has 0 amide bonds. The fraction of sp³-hybridized carbons (Fsp3) is 0.286. The summed E-state index contributed by atoms with van der Waals surface area (Å²) in [5.74, 6) is -0.288. The van der Waals surface area contributed by atoms with Crippen molar-refractivity contribution in [2.75, 3.05) is 0 Å². The van der Waals surface area contributed by atoms with E-state index in [1.54, 1.807) is 0 Å². The Hall–Kier alpha value is -1.90. The minimum absolute atomic E-state index is 0.288. The van der Waals surface area contributed by atoms with E-state index in [1.165, 1.54) is 12.5 Å². The molecule has 1 aromatic heterocycles. The van der Waals surface area contributed by atoms with Crippen LogP contribution in [-0.4, -0.2) is 11.0 Å². The summed E-state index contributed by atoms with van der Waals surface area (Å²) in [4.78, 5) is 15.4. The molecular formula is C14H15NO2. The van der Waals surface area contributed by atoms with Crippen molar-refractivity contribution in [3.8, 4) is 0 Å². The molecule has 88 valence electrons. The molecule has 0 N–H and O–H groups in total. The van der Waals surface area contributed by atoms with Crippen LogP contribution in [0.5, 0.6) is 0 Å². The van der Waals surface area contributed by atoms with Gasteiger partial charge in [0.05, 0.1) is 11.2 Å². The molecule has 0 aliphatic carbocycles. The standard InChI is InChI=1S/C14H15NO2/c1-9-4-5-12-6-7-13(15-14(12)8-9)10(2)17-11(3)16/h4-8,10H,1-3H3/t10-/m1/s1. The van der Waals surface area contributed by atoms with Crippen LogP contribution in [0.4, 0.5) is 0 Å². The molecule has 0 spiro atoms. The van der Waals surface area contributed by atoms with Crippen molar-refractivity contribution in [2.24, 2.45) is 0 Å². The van der Waals surface area contributed by atoms with Crippen LogP contribution in [0.2, 0.25) is 0 Å². The van der Waals surface area contributed by atoms with E-state index in [-0.39, 0.29) is 12.1 Å². The molecule has 17 heavy (non-hydrogen) atoms. The van der Waals surface area contributed by atoms with Crippen LogP contribution in [0.1, 0.15) is 31.2 Å². The second kappa shape index (κ2) is 4.53. The molecule has 2 rings (SSSR count). The van der Waals surface area contributed by atoms with Gasteiger partial charge >= 0.3 is 5.97 Å². The van der Waals surface area contributed by atoms with Crippen LogP contribution in [0.25, 0.3) is 10.9 Å². The highest BCUT2D eigenvalue weighted by Crippen LogP contribution is 2.20. The number of hydrogen-bond acceptors (Lipinski definition) is 3. The Kier molecular flexibility index (Phi) is 3.09. The zero-order valence-electron chi connectivity index (χ0n) is 10.2. The van der Waals surface area contributed by atoms with Gasteiger partial charge in [-0.15, -0.1) is 0 Å². The van der Waals surface area contributed by atoms with Gasteiger partial charge in [-0.1, -0.05) is 18.2 Å². The number of benzene rings is 1. The van der Waals surface area contributed by atoms with Crippen molar-refractivity contribution in [3.63, 3.8) is 0 Å². The predicted molar refractivity (Wildman–Crippen MR) is 66.7 cm³/mol. The minimum atomic E-state index is -0.308. The van der Waals surface area contributed by atoms with E-state index in [9.17, 15) is 4.79 Å². The van der Waals surface area contributed by atoms with Crippen molar-refractivity contribution in [1.82, 2.24) is 4.98 Å². The van der Waals surface area contributed by atoms with E-state index in [2.05, 4.69) is 11.1 Å². The van der Waals surface area contributed by atoms with Crippen LogP contribution < -0.4 is 0 Å². The molecule has 0 radical (unpaired) electrons. The quantitative estimate of drug-likeness (QED) is 0.742. The van der Waals surface area contributed by atoms with Gasteiger partial charge in [-0.25, -0.2) is 4.98 Å². The highest BCUT2D eigenvalue weighted by Gasteiger charge is 2.10. The molecule has 3 heteroatoms. The second-order valence-electron chi connectivity index (χ2n) is 4.18. The molecule has 0 aliphatic rings. The van der Waals surface area contributed by atoms with Crippen LogP contribution in [0.3, 0.4) is 0 Å². The van der Waals surface area contributed by atoms with Gasteiger partial charge in [0.1, 0.15) is 6.10 Å². The first-order chi connectivity index (χ1) is 8.06. The number of rotatable bonds is 2. The molecule has 1 heterocycles. The summed E-state index contributed by atoms with van der Waals surface area (Å²) in [5, 5.41) is 1.09. The molecule has 0 saturated heterocycles. The SMILES string of the molecule is CC(=O)O[C@H](C)c1ccc2ccc(C)cc2n1. The first kappa shape index (κ1) is 11.6. The summed E-state index contributed by atoms with van der Waals surface area (Å²) in [7, 11) is 0. The number of pyridine rings is 1. The molecule has 0 unspecified atom stereocenters. The summed E-state index contributed by atoms with van der Waals surface area (Å²) >= 11 is 0. The van der Waals surface area contributed by atoms with Gasteiger partial charge in [-0.3, -0.25) is 4.79 Å². The maximum atomic E-state index is 10.9. The molecule has 0 fully saturated rings. The lowest BCUT2D eigenvalue weighted by atomic mass is 10.1. The fourth-order valence-corrected chi connectivity index (χ4v) is 1.78. The van der Waals surface area contributed by atoms with E-state index in [0.29, 0.717) is 0 Å². The molecule has 0 aliphatic heterocycles. The molecular weight excluding hydrogens is 214 g/mol. The monoisotopic (exact) mass is 229 g/mol. The Morgan fingerprint density at radius 3 is 2.71 bits per heavy atom. The van der Waals surface area contributed by atoms with Crippen LogP contribution in [-0.2, 0) is 9.53 Å². The summed E-state index contributed by atoms with van der Waals surface area (Å²) in [5.41, 5.74) is 2.88. The zero-order valence-corrected chi connectivity index (χ0v) is 10.2. The van der Waals surface area contributed by atoms with Gasteiger partial charge in [0.2, 0.25) is 0 Å². The van der Waals surface area contributed by atoms with Gasteiger partial charge < -0.3 is 4.74 Å². The third kappa shape index (κ3) is 2.61. The van der Waals surface area contributed by atoms with Crippen molar-refractivity contribution in [1.29, 1.82) is 0 Å². The lowest BCUT2D eigenvalue weighted by Gasteiger charge is -2.11. The molecule has 0 saturated carbocycles. The Bertz CT molecular complexity index is 563. The first-order valence-electron chi connectivity index (χ1n) is 5.61. The van der Waals surface area contributed by atoms with E-state index in [1.807, 2.05) is 38.1 Å². The highest BCUT2D eigenvalue weighted by molar-refractivity contribution is 5.79. The van der Waals surface area contributed by atoms with Gasteiger partial charge in [-0.2, -0.15) is 0 Å². The van der Waals surface area contributed by atoms with Crippen LogP contribution >= 0.6 is 0 Å². The molecule has 0 bridgehead atoms. The van der Waals surface area contributed by atoms with Crippen molar-refractivity contribution >= 4 is 16.9 Å². The van der Waals surface area contributed by atoms with Gasteiger partial charge in [0.25, 0.3) is 0 Å². The first-order valence-corrected chi connectivity index (χ1v) is 5.61. The molecule has 1 atom stereocenters. The average Bonchev–Trinajstić information content (AvgIpc) is 2.27. The summed E-state index contributed by atoms with van der Waals surface area (Å²) < 4.78 is 5.11.